The fraction of sp³-hybridized carbons (Fsp3) is 0.357. The van der Waals surface area contributed by atoms with Crippen LogP contribution < -0.4 is 16.4 Å². The number of nitrogens with one attached hydrogen (secondary N) is 2. The molecular weight excluding hydrogens is 274 g/mol. The first-order valence-corrected chi connectivity index (χ1v) is 6.63. The molecule has 21 heavy (non-hydrogen) atoms. The molecule has 5 N–H and O–H groups in total. The summed E-state index contributed by atoms with van der Waals surface area (Å²) in [5.41, 5.74) is 6.89. The van der Waals surface area contributed by atoms with E-state index in [1.807, 2.05) is 24.3 Å². The van der Waals surface area contributed by atoms with Gasteiger partial charge in [0.2, 0.25) is 11.8 Å². The second-order valence-electron chi connectivity index (χ2n) is 4.96. The first-order chi connectivity index (χ1) is 9.97. The van der Waals surface area contributed by atoms with Crippen molar-refractivity contribution in [1.29, 1.82) is 0 Å². The number of anilines is 1. The van der Waals surface area contributed by atoms with Gasteiger partial charge in [0, 0.05) is 18.5 Å². The minimum Gasteiger partial charge on any atom is -0.480 e. The van der Waals surface area contributed by atoms with Gasteiger partial charge < -0.3 is 21.5 Å². The maximum atomic E-state index is 12.1. The monoisotopic (exact) mass is 291 g/mol. The van der Waals surface area contributed by atoms with Crippen LogP contribution in [-0.2, 0) is 20.8 Å². The Bertz CT molecular complexity index is 548. The summed E-state index contributed by atoms with van der Waals surface area (Å²) >= 11 is 0. The number of benzene rings is 1. The number of carboxylic acid groups (broad SMARTS) is 1. The Morgan fingerprint density at radius 1 is 1.38 bits per heavy atom. The zero-order valence-electron chi connectivity index (χ0n) is 11.3. The molecule has 1 aromatic rings. The van der Waals surface area contributed by atoms with E-state index in [1.54, 1.807) is 0 Å². The molecule has 112 valence electrons. The van der Waals surface area contributed by atoms with E-state index in [9.17, 15) is 14.4 Å². The van der Waals surface area contributed by atoms with E-state index in [0.29, 0.717) is 6.42 Å². The highest BCUT2D eigenvalue weighted by atomic mass is 16.4. The van der Waals surface area contributed by atoms with Crippen LogP contribution in [0.25, 0.3) is 0 Å². The van der Waals surface area contributed by atoms with Gasteiger partial charge in [0.25, 0.3) is 0 Å². The summed E-state index contributed by atoms with van der Waals surface area (Å²) < 4.78 is 0. The summed E-state index contributed by atoms with van der Waals surface area (Å²) in [4.78, 5) is 33.9. The molecule has 1 aromatic carbocycles. The van der Waals surface area contributed by atoms with Crippen molar-refractivity contribution in [2.45, 2.75) is 31.3 Å². The van der Waals surface area contributed by atoms with Crippen LogP contribution >= 0.6 is 0 Å². The van der Waals surface area contributed by atoms with Gasteiger partial charge in [-0.3, -0.25) is 9.59 Å². The van der Waals surface area contributed by atoms with Gasteiger partial charge in [0.15, 0.2) is 0 Å². The summed E-state index contributed by atoms with van der Waals surface area (Å²) in [6.45, 7) is 0. The fourth-order valence-electron chi connectivity index (χ4n) is 2.27. The third-order valence-electron chi connectivity index (χ3n) is 3.38. The summed E-state index contributed by atoms with van der Waals surface area (Å²) in [6.07, 6.45) is 0.399. The highest BCUT2D eigenvalue weighted by Gasteiger charge is 2.29. The van der Waals surface area contributed by atoms with Crippen LogP contribution in [0.2, 0.25) is 0 Å². The van der Waals surface area contributed by atoms with Crippen molar-refractivity contribution in [3.05, 3.63) is 29.8 Å². The number of carbonyl (C=O) groups is 3. The number of nitrogens with two attached hydrogens (primary N) is 1. The van der Waals surface area contributed by atoms with Gasteiger partial charge in [-0.1, -0.05) is 18.2 Å². The van der Waals surface area contributed by atoms with Gasteiger partial charge in [0.05, 0.1) is 0 Å². The van der Waals surface area contributed by atoms with Crippen LogP contribution in [0.5, 0.6) is 0 Å². The van der Waals surface area contributed by atoms with Gasteiger partial charge in [0.1, 0.15) is 12.1 Å². The van der Waals surface area contributed by atoms with E-state index in [-0.39, 0.29) is 12.8 Å². The Hall–Kier alpha value is -2.57. The number of hydrogen-bond donors (Lipinski definition) is 4. The van der Waals surface area contributed by atoms with E-state index in [0.717, 1.165) is 11.3 Å². The fourth-order valence-corrected chi connectivity index (χ4v) is 2.27. The molecule has 7 heteroatoms. The predicted octanol–water partition coefficient (Wildman–Crippen LogP) is -0.142. The summed E-state index contributed by atoms with van der Waals surface area (Å²) in [6, 6.07) is 5.91. The molecule has 1 heterocycles. The first-order valence-electron chi connectivity index (χ1n) is 6.63. The average Bonchev–Trinajstić information content (AvgIpc) is 2.86. The summed E-state index contributed by atoms with van der Waals surface area (Å²) in [5, 5.41) is 14.6. The lowest BCUT2D eigenvalue weighted by Crippen LogP contribution is -2.47. The number of amides is 2. The number of carbonyl (C=O) groups excluding carboxylic acids is 2. The highest BCUT2D eigenvalue weighted by Crippen LogP contribution is 2.25. The number of rotatable bonds is 6. The van der Waals surface area contributed by atoms with Crippen LogP contribution in [0, 0.1) is 0 Å². The number of aliphatic carboxylic acids is 1. The average molecular weight is 291 g/mol. The zero-order chi connectivity index (χ0) is 15.4. The van der Waals surface area contributed by atoms with E-state index >= 15 is 0 Å². The van der Waals surface area contributed by atoms with Crippen molar-refractivity contribution in [3.8, 4) is 0 Å². The van der Waals surface area contributed by atoms with Crippen molar-refractivity contribution in [1.82, 2.24) is 5.32 Å². The van der Waals surface area contributed by atoms with Crippen LogP contribution in [0.15, 0.2) is 24.3 Å². The topological polar surface area (TPSA) is 122 Å². The van der Waals surface area contributed by atoms with Crippen molar-refractivity contribution in [2.75, 3.05) is 5.32 Å². The minimum absolute atomic E-state index is 0.0178. The predicted molar refractivity (Wildman–Crippen MR) is 75.6 cm³/mol. The first kappa shape index (κ1) is 14.8. The summed E-state index contributed by atoms with van der Waals surface area (Å²) in [7, 11) is 0. The van der Waals surface area contributed by atoms with Gasteiger partial charge in [-0.2, -0.15) is 0 Å². The standard InChI is InChI=1S/C14H17N3O4/c15-12(18)6-5-10(14(20)21)17-13(19)11-7-8-3-1-2-4-9(8)16-11/h1-4,10-11,16H,5-7H2,(H2,15,18)(H,17,19)(H,20,21)/t10-,11+/m1/s1. The lowest BCUT2D eigenvalue weighted by atomic mass is 10.1. The lowest BCUT2D eigenvalue weighted by Gasteiger charge is -2.17. The molecular formula is C14H17N3O4. The molecule has 1 aliphatic rings. The summed E-state index contributed by atoms with van der Waals surface area (Å²) in [5.74, 6) is -2.18. The molecule has 0 unspecified atom stereocenters. The molecule has 0 aliphatic carbocycles. The number of fused-ring (bicyclic) bond motifs is 1. The molecule has 2 amide bonds. The Kier molecular flexibility index (Phi) is 4.42. The lowest BCUT2D eigenvalue weighted by molar-refractivity contribution is -0.142. The van der Waals surface area contributed by atoms with E-state index in [4.69, 9.17) is 10.8 Å². The third kappa shape index (κ3) is 3.71. The van der Waals surface area contributed by atoms with Gasteiger partial charge >= 0.3 is 5.97 Å². The maximum Gasteiger partial charge on any atom is 0.326 e. The molecule has 0 aromatic heterocycles. The molecule has 0 spiro atoms. The van der Waals surface area contributed by atoms with E-state index in [1.165, 1.54) is 0 Å². The molecule has 2 atom stereocenters. The minimum atomic E-state index is -1.18. The van der Waals surface area contributed by atoms with Crippen molar-refractivity contribution < 1.29 is 19.5 Å². The largest absolute Gasteiger partial charge is 0.480 e. The Morgan fingerprint density at radius 3 is 2.71 bits per heavy atom. The molecule has 0 saturated heterocycles. The Balaban J connectivity index is 1.94. The normalized spacial score (nSPS) is 17.4. The highest BCUT2D eigenvalue weighted by molar-refractivity contribution is 5.90. The molecule has 1 aliphatic heterocycles. The smallest absolute Gasteiger partial charge is 0.326 e. The zero-order valence-corrected chi connectivity index (χ0v) is 11.3. The molecule has 0 radical (unpaired) electrons. The van der Waals surface area contributed by atoms with E-state index < -0.39 is 29.9 Å². The molecule has 0 bridgehead atoms. The molecule has 2 rings (SSSR count). The number of primary amides is 1. The number of hydrogen-bond acceptors (Lipinski definition) is 4. The SMILES string of the molecule is NC(=O)CC[C@@H](NC(=O)[C@@H]1Cc2ccccc2N1)C(=O)O. The third-order valence-corrected chi connectivity index (χ3v) is 3.38. The van der Waals surface area contributed by atoms with Crippen LogP contribution in [-0.4, -0.2) is 35.0 Å². The van der Waals surface area contributed by atoms with Crippen molar-refractivity contribution in [3.63, 3.8) is 0 Å². The molecule has 0 fully saturated rings. The Morgan fingerprint density at radius 2 is 2.10 bits per heavy atom. The second kappa shape index (κ2) is 6.25. The molecule has 7 nitrogen and oxygen atoms in total. The number of carboxylic acids is 1. The van der Waals surface area contributed by atoms with Gasteiger partial charge in [-0.15, -0.1) is 0 Å². The van der Waals surface area contributed by atoms with Crippen LogP contribution in [0.1, 0.15) is 18.4 Å². The van der Waals surface area contributed by atoms with Crippen LogP contribution in [0.4, 0.5) is 5.69 Å². The van der Waals surface area contributed by atoms with Gasteiger partial charge in [-0.25, -0.2) is 4.79 Å². The molecule has 0 saturated carbocycles. The van der Waals surface area contributed by atoms with Gasteiger partial charge in [-0.05, 0) is 18.1 Å². The van der Waals surface area contributed by atoms with Crippen LogP contribution in [0.3, 0.4) is 0 Å². The number of para-hydroxylation sites is 1. The maximum absolute atomic E-state index is 12.1. The Labute approximate surface area is 121 Å². The second-order valence-corrected chi connectivity index (χ2v) is 4.96. The van der Waals surface area contributed by atoms with Crippen molar-refractivity contribution >= 4 is 23.5 Å². The quantitative estimate of drug-likeness (QED) is 0.581. The van der Waals surface area contributed by atoms with Crippen molar-refractivity contribution in [2.24, 2.45) is 5.73 Å². The van der Waals surface area contributed by atoms with E-state index in [2.05, 4.69) is 10.6 Å².